The van der Waals surface area contributed by atoms with Crippen LogP contribution in [0.4, 0.5) is 0 Å². The van der Waals surface area contributed by atoms with Crippen LogP contribution in [0.5, 0.6) is 0 Å². The van der Waals surface area contributed by atoms with Gasteiger partial charge in [-0.2, -0.15) is 4.31 Å². The van der Waals surface area contributed by atoms with Gasteiger partial charge < -0.3 is 14.5 Å². The van der Waals surface area contributed by atoms with Crippen LogP contribution in [-0.2, 0) is 14.8 Å². The Kier molecular flexibility index (Phi) is 5.57. The molecule has 3 rings (SSSR count). The highest BCUT2D eigenvalue weighted by Crippen LogP contribution is 2.23. The summed E-state index contributed by atoms with van der Waals surface area (Å²) >= 11 is 5.91. The summed E-state index contributed by atoms with van der Waals surface area (Å²) in [7, 11) is -3.47. The van der Waals surface area contributed by atoms with Gasteiger partial charge in [-0.3, -0.25) is 4.79 Å². The van der Waals surface area contributed by atoms with Gasteiger partial charge >= 0.3 is 0 Å². The predicted octanol–water partition coefficient (Wildman–Crippen LogP) is 2.25. The zero-order chi connectivity index (χ0) is 18.9. The first-order valence-electron chi connectivity index (χ1n) is 8.35. The van der Waals surface area contributed by atoms with Gasteiger partial charge in [0, 0.05) is 30.0 Å². The number of morpholine rings is 1. The summed E-state index contributed by atoms with van der Waals surface area (Å²) in [5, 5.41) is 3.85. The normalized spacial score (nSPS) is 21.8. The second-order valence-corrected chi connectivity index (χ2v) is 8.96. The molecule has 142 valence electrons. The minimum Gasteiger partial charge on any atom is -0.451 e. The maximum atomic E-state index is 12.5. The molecule has 2 heterocycles. The zero-order valence-corrected chi connectivity index (χ0v) is 16.1. The zero-order valence-electron chi connectivity index (χ0n) is 14.6. The van der Waals surface area contributed by atoms with Gasteiger partial charge in [0.1, 0.15) is 5.58 Å². The number of carbonyl (C=O) groups is 1. The van der Waals surface area contributed by atoms with E-state index in [0.29, 0.717) is 29.1 Å². The van der Waals surface area contributed by atoms with Gasteiger partial charge in [0.2, 0.25) is 10.0 Å². The molecule has 0 radical (unpaired) electrons. The summed E-state index contributed by atoms with van der Waals surface area (Å²) in [6.45, 7) is 4.33. The highest BCUT2D eigenvalue weighted by Gasteiger charge is 2.30. The lowest BCUT2D eigenvalue weighted by Gasteiger charge is -2.34. The van der Waals surface area contributed by atoms with Gasteiger partial charge in [0.05, 0.1) is 18.0 Å². The van der Waals surface area contributed by atoms with E-state index in [0.717, 1.165) is 0 Å². The average molecular weight is 401 g/mol. The van der Waals surface area contributed by atoms with Crippen molar-refractivity contribution in [2.45, 2.75) is 26.1 Å². The number of carbonyl (C=O) groups excluding carboxylic acids is 1. The van der Waals surface area contributed by atoms with Crippen molar-refractivity contribution in [1.29, 1.82) is 0 Å². The summed E-state index contributed by atoms with van der Waals surface area (Å²) in [5.74, 6) is -0.519. The van der Waals surface area contributed by atoms with Crippen molar-refractivity contribution >= 4 is 38.5 Å². The molecule has 7 nitrogen and oxygen atoms in total. The lowest BCUT2D eigenvalue weighted by atomic mass is 10.2. The second kappa shape index (κ2) is 7.56. The van der Waals surface area contributed by atoms with Crippen LogP contribution < -0.4 is 5.32 Å². The van der Waals surface area contributed by atoms with Crippen molar-refractivity contribution in [3.63, 3.8) is 0 Å². The van der Waals surface area contributed by atoms with E-state index in [1.807, 2.05) is 13.8 Å². The molecule has 1 aliphatic rings. The molecule has 1 fully saturated rings. The minimum absolute atomic E-state index is 0.000906. The molecule has 0 unspecified atom stereocenters. The molecule has 1 amide bonds. The van der Waals surface area contributed by atoms with Crippen LogP contribution in [-0.4, -0.2) is 56.2 Å². The first-order valence-corrected chi connectivity index (χ1v) is 10.3. The molecule has 1 aromatic heterocycles. The van der Waals surface area contributed by atoms with Gasteiger partial charge in [-0.1, -0.05) is 11.6 Å². The molecule has 2 atom stereocenters. The third kappa shape index (κ3) is 4.37. The van der Waals surface area contributed by atoms with Crippen LogP contribution in [0.25, 0.3) is 11.0 Å². The predicted molar refractivity (Wildman–Crippen MR) is 98.9 cm³/mol. The molecular weight excluding hydrogens is 380 g/mol. The van der Waals surface area contributed by atoms with Gasteiger partial charge in [-0.15, -0.1) is 0 Å². The van der Waals surface area contributed by atoms with Crippen molar-refractivity contribution in [3.8, 4) is 0 Å². The van der Waals surface area contributed by atoms with E-state index in [1.165, 1.54) is 4.31 Å². The molecule has 1 saturated heterocycles. The Morgan fingerprint density at radius 3 is 2.65 bits per heavy atom. The van der Waals surface area contributed by atoms with E-state index in [9.17, 15) is 13.2 Å². The van der Waals surface area contributed by atoms with Crippen molar-refractivity contribution in [2.75, 3.05) is 25.4 Å². The maximum Gasteiger partial charge on any atom is 0.287 e. The van der Waals surface area contributed by atoms with E-state index in [1.54, 1.807) is 24.3 Å². The standard InChI is InChI=1S/C17H21ClN2O5S/c1-11-9-20(10-12(2)24-11)26(22,23)6-5-19-17(21)16-8-13-7-14(18)3-4-15(13)25-16/h3-4,7-8,11-12H,5-6,9-10H2,1-2H3,(H,19,21)/t11-,12+. The number of ether oxygens (including phenoxy) is 1. The summed E-state index contributed by atoms with van der Waals surface area (Å²) < 4.78 is 37.3. The first-order chi connectivity index (χ1) is 12.2. The topological polar surface area (TPSA) is 88.9 Å². The number of fused-ring (bicyclic) bond motifs is 1. The third-order valence-electron chi connectivity index (χ3n) is 4.13. The number of halogens is 1. The van der Waals surface area contributed by atoms with Gasteiger partial charge in [0.25, 0.3) is 5.91 Å². The molecular formula is C17H21ClN2O5S. The van der Waals surface area contributed by atoms with Crippen LogP contribution in [0, 0.1) is 0 Å². The number of amides is 1. The highest BCUT2D eigenvalue weighted by atomic mass is 35.5. The molecule has 0 bridgehead atoms. The summed E-state index contributed by atoms with van der Waals surface area (Å²) in [6.07, 6.45) is -0.295. The van der Waals surface area contributed by atoms with Crippen molar-refractivity contribution in [3.05, 3.63) is 35.0 Å². The average Bonchev–Trinajstić information content (AvgIpc) is 2.97. The fourth-order valence-electron chi connectivity index (χ4n) is 2.99. The SMILES string of the molecule is C[C@@H]1CN(S(=O)(=O)CCNC(=O)c2cc3cc(Cl)ccc3o2)C[C@H](C)O1. The summed E-state index contributed by atoms with van der Waals surface area (Å²) in [4.78, 5) is 12.2. The Balaban J connectivity index is 1.58. The fourth-order valence-corrected chi connectivity index (χ4v) is 4.67. The van der Waals surface area contributed by atoms with Crippen molar-refractivity contribution < 1.29 is 22.4 Å². The van der Waals surface area contributed by atoms with Crippen LogP contribution in [0.1, 0.15) is 24.4 Å². The van der Waals surface area contributed by atoms with E-state index in [-0.39, 0.29) is 30.3 Å². The Morgan fingerprint density at radius 1 is 1.27 bits per heavy atom. The van der Waals surface area contributed by atoms with E-state index in [4.69, 9.17) is 20.8 Å². The van der Waals surface area contributed by atoms with E-state index >= 15 is 0 Å². The largest absolute Gasteiger partial charge is 0.451 e. The number of nitrogens with zero attached hydrogens (tertiary/aromatic N) is 1. The number of hydrogen-bond donors (Lipinski definition) is 1. The Hall–Kier alpha value is -1.61. The maximum absolute atomic E-state index is 12.5. The number of furan rings is 1. The molecule has 2 aromatic rings. The number of nitrogens with one attached hydrogen (secondary N) is 1. The molecule has 1 N–H and O–H groups in total. The van der Waals surface area contributed by atoms with Crippen molar-refractivity contribution in [2.24, 2.45) is 0 Å². The molecule has 0 spiro atoms. The minimum atomic E-state index is -3.47. The second-order valence-electron chi connectivity index (χ2n) is 6.44. The lowest BCUT2D eigenvalue weighted by Crippen LogP contribution is -2.49. The van der Waals surface area contributed by atoms with E-state index in [2.05, 4.69) is 5.32 Å². The van der Waals surface area contributed by atoms with Crippen LogP contribution >= 0.6 is 11.6 Å². The number of hydrogen-bond acceptors (Lipinski definition) is 5. The Morgan fingerprint density at radius 2 is 1.96 bits per heavy atom. The van der Waals surface area contributed by atoms with Crippen LogP contribution in [0.3, 0.4) is 0 Å². The molecule has 26 heavy (non-hydrogen) atoms. The Labute approximate surface area is 157 Å². The molecule has 1 aliphatic heterocycles. The van der Waals surface area contributed by atoms with Gasteiger partial charge in [-0.05, 0) is 38.1 Å². The first kappa shape index (κ1) is 19.2. The van der Waals surface area contributed by atoms with Gasteiger partial charge in [-0.25, -0.2) is 8.42 Å². The monoisotopic (exact) mass is 400 g/mol. The quantitative estimate of drug-likeness (QED) is 0.831. The smallest absolute Gasteiger partial charge is 0.287 e. The molecule has 0 saturated carbocycles. The number of rotatable bonds is 5. The summed E-state index contributed by atoms with van der Waals surface area (Å²) in [6, 6.07) is 6.63. The van der Waals surface area contributed by atoms with Crippen LogP contribution in [0.15, 0.2) is 28.7 Å². The molecule has 1 aromatic carbocycles. The van der Waals surface area contributed by atoms with Crippen LogP contribution in [0.2, 0.25) is 5.02 Å². The Bertz CT molecular complexity index is 901. The van der Waals surface area contributed by atoms with E-state index < -0.39 is 15.9 Å². The molecule has 9 heteroatoms. The van der Waals surface area contributed by atoms with Gasteiger partial charge in [0.15, 0.2) is 5.76 Å². The third-order valence-corrected chi connectivity index (χ3v) is 6.17. The lowest BCUT2D eigenvalue weighted by molar-refractivity contribution is -0.0440. The van der Waals surface area contributed by atoms with Crippen molar-refractivity contribution in [1.82, 2.24) is 9.62 Å². The highest BCUT2D eigenvalue weighted by molar-refractivity contribution is 7.89. The number of benzene rings is 1. The number of sulfonamides is 1. The molecule has 0 aliphatic carbocycles. The summed E-state index contributed by atoms with van der Waals surface area (Å²) in [5.41, 5.74) is 0.545. The fraction of sp³-hybridized carbons (Fsp3) is 0.471.